The Hall–Kier alpha value is -7.43. The molecule has 1 aliphatic rings. The van der Waals surface area contributed by atoms with Gasteiger partial charge in [0, 0.05) is 38.6 Å². The number of nitrogens with zero attached hydrogens (tertiary/aromatic N) is 4. The predicted molar refractivity (Wildman–Crippen MR) is 239 cm³/mol. The summed E-state index contributed by atoms with van der Waals surface area (Å²) < 4.78 is 2.40. The summed E-state index contributed by atoms with van der Waals surface area (Å²) in [5.74, 6) is 1.90. The van der Waals surface area contributed by atoms with Crippen molar-refractivity contribution in [3.63, 3.8) is 0 Å². The van der Waals surface area contributed by atoms with E-state index in [9.17, 15) is 0 Å². The van der Waals surface area contributed by atoms with Gasteiger partial charge in [0.2, 0.25) is 0 Å². The molecule has 0 atom stereocenters. The molecule has 4 heteroatoms. The van der Waals surface area contributed by atoms with E-state index < -0.39 is 0 Å². The molecule has 0 amide bonds. The largest absolute Gasteiger partial charge is 0.308 e. The van der Waals surface area contributed by atoms with Gasteiger partial charge in [-0.3, -0.25) is 0 Å². The first-order valence-corrected chi connectivity index (χ1v) is 19.9. The topological polar surface area (TPSA) is 43.6 Å². The van der Waals surface area contributed by atoms with Gasteiger partial charge in [-0.25, -0.2) is 15.0 Å². The van der Waals surface area contributed by atoms with Crippen molar-refractivity contribution < 1.29 is 0 Å². The fourth-order valence-electron chi connectivity index (χ4n) is 9.16. The van der Waals surface area contributed by atoms with Crippen molar-refractivity contribution in [1.82, 2.24) is 19.5 Å². The van der Waals surface area contributed by atoms with Crippen LogP contribution < -0.4 is 0 Å². The summed E-state index contributed by atoms with van der Waals surface area (Å²) in [6.07, 6.45) is 0. The second kappa shape index (κ2) is 13.4. The maximum Gasteiger partial charge on any atom is 0.166 e. The fourth-order valence-corrected chi connectivity index (χ4v) is 9.16. The molecule has 8 aromatic carbocycles. The zero-order chi connectivity index (χ0) is 38.8. The molecule has 0 unspecified atom stereocenters. The molecule has 4 nitrogen and oxygen atoms in total. The number of para-hydroxylation sites is 1. The zero-order valence-electron chi connectivity index (χ0n) is 32.3. The Balaban J connectivity index is 1.19. The van der Waals surface area contributed by atoms with E-state index in [1.54, 1.807) is 0 Å². The van der Waals surface area contributed by atoms with Crippen LogP contribution in [-0.4, -0.2) is 19.5 Å². The Bertz CT molecular complexity index is 3120. The summed E-state index contributed by atoms with van der Waals surface area (Å²) in [5.41, 5.74) is 16.1. The van der Waals surface area contributed by atoms with E-state index in [4.69, 9.17) is 15.0 Å². The minimum atomic E-state index is -0.137. The molecule has 0 spiro atoms. The van der Waals surface area contributed by atoms with E-state index in [1.807, 2.05) is 36.4 Å². The van der Waals surface area contributed by atoms with Crippen LogP contribution in [0.2, 0.25) is 0 Å². The first-order valence-electron chi connectivity index (χ1n) is 19.9. The molecule has 0 saturated heterocycles. The van der Waals surface area contributed by atoms with E-state index >= 15 is 0 Å². The second-order valence-electron chi connectivity index (χ2n) is 15.6. The molecule has 10 aromatic rings. The van der Waals surface area contributed by atoms with Crippen molar-refractivity contribution in [1.29, 1.82) is 0 Å². The van der Waals surface area contributed by atoms with Crippen LogP contribution in [-0.2, 0) is 5.41 Å². The highest BCUT2D eigenvalue weighted by molar-refractivity contribution is 6.14. The number of hydrogen-bond donors (Lipinski definition) is 0. The molecular formula is C54H38N4. The summed E-state index contributed by atoms with van der Waals surface area (Å²) in [7, 11) is 0. The minimum absolute atomic E-state index is 0.137. The third-order valence-electron chi connectivity index (χ3n) is 11.8. The van der Waals surface area contributed by atoms with Gasteiger partial charge in [0.15, 0.2) is 17.5 Å². The number of hydrogen-bond acceptors (Lipinski definition) is 3. The number of fused-ring (bicyclic) bond motifs is 6. The molecular weight excluding hydrogens is 705 g/mol. The average Bonchev–Trinajstić information content (AvgIpc) is 3.75. The molecule has 58 heavy (non-hydrogen) atoms. The van der Waals surface area contributed by atoms with Crippen LogP contribution >= 0.6 is 0 Å². The van der Waals surface area contributed by atoms with Gasteiger partial charge in [-0.1, -0.05) is 178 Å². The highest BCUT2D eigenvalue weighted by Gasteiger charge is 2.37. The van der Waals surface area contributed by atoms with Crippen molar-refractivity contribution in [3.8, 4) is 73.2 Å². The lowest BCUT2D eigenvalue weighted by Gasteiger charge is -2.24. The Labute approximate surface area is 337 Å². The monoisotopic (exact) mass is 742 g/mol. The molecule has 0 aliphatic heterocycles. The highest BCUT2D eigenvalue weighted by atomic mass is 15.0. The SMILES string of the molecule is CC1(C)c2ccccc2-c2cccc(-c3ccc4c(c3)c3cccc(-c5nc(-c6ccccc6)nc(-c6ccccc6)n5)c3n4-c3cccc(-c4ccccc4)c3)c21. The minimum Gasteiger partial charge on any atom is -0.308 e. The van der Waals surface area contributed by atoms with Gasteiger partial charge in [0.1, 0.15) is 0 Å². The summed E-state index contributed by atoms with van der Waals surface area (Å²) >= 11 is 0. The fraction of sp³-hybridized carbons (Fsp3) is 0.0556. The first kappa shape index (κ1) is 33.9. The van der Waals surface area contributed by atoms with E-state index in [1.165, 1.54) is 44.3 Å². The second-order valence-corrected chi connectivity index (χ2v) is 15.6. The Kier molecular flexibility index (Phi) is 7.80. The van der Waals surface area contributed by atoms with Crippen LogP contribution in [0, 0.1) is 0 Å². The van der Waals surface area contributed by atoms with Gasteiger partial charge < -0.3 is 4.57 Å². The molecule has 0 N–H and O–H groups in total. The lowest BCUT2D eigenvalue weighted by Crippen LogP contribution is -2.16. The van der Waals surface area contributed by atoms with Gasteiger partial charge in [-0.2, -0.15) is 0 Å². The molecule has 2 heterocycles. The third-order valence-corrected chi connectivity index (χ3v) is 11.8. The van der Waals surface area contributed by atoms with Gasteiger partial charge in [0.05, 0.1) is 11.0 Å². The normalized spacial score (nSPS) is 12.8. The van der Waals surface area contributed by atoms with Crippen molar-refractivity contribution in [2.45, 2.75) is 19.3 Å². The first-order chi connectivity index (χ1) is 28.5. The van der Waals surface area contributed by atoms with Crippen LogP contribution in [0.1, 0.15) is 25.0 Å². The average molecular weight is 743 g/mol. The number of benzene rings is 8. The molecule has 2 aromatic heterocycles. The van der Waals surface area contributed by atoms with Crippen LogP contribution in [0.4, 0.5) is 0 Å². The van der Waals surface area contributed by atoms with E-state index in [0.29, 0.717) is 17.5 Å². The standard InChI is InChI=1S/C54H38N4/c1-54(2)47-30-13-12-25-42(47)43-27-15-26-41(49(43)54)39-31-32-48-46(34-39)44-28-16-29-45(50(44)58(48)40-24-14-23-38(33-40)35-17-6-3-7-18-35)53-56-51(36-19-8-4-9-20-36)55-52(57-53)37-21-10-5-11-22-37/h3-34H,1-2H3. The smallest absolute Gasteiger partial charge is 0.166 e. The van der Waals surface area contributed by atoms with Crippen molar-refractivity contribution in [2.24, 2.45) is 0 Å². The molecule has 11 rings (SSSR count). The molecule has 0 saturated carbocycles. The third kappa shape index (κ3) is 5.41. The number of rotatable bonds is 6. The van der Waals surface area contributed by atoms with E-state index in [-0.39, 0.29) is 5.41 Å². The molecule has 0 radical (unpaired) electrons. The Morgan fingerprint density at radius 1 is 0.379 bits per heavy atom. The van der Waals surface area contributed by atoms with Gasteiger partial charge in [0.25, 0.3) is 0 Å². The van der Waals surface area contributed by atoms with Crippen molar-refractivity contribution in [3.05, 3.63) is 205 Å². The summed E-state index contributed by atoms with van der Waals surface area (Å²) in [5, 5.41) is 2.31. The lowest BCUT2D eigenvalue weighted by molar-refractivity contribution is 0.662. The van der Waals surface area contributed by atoms with Crippen LogP contribution in [0.15, 0.2) is 194 Å². The van der Waals surface area contributed by atoms with Crippen LogP contribution in [0.25, 0.3) is 95.0 Å². The van der Waals surface area contributed by atoms with Gasteiger partial charge in [-0.15, -0.1) is 0 Å². The zero-order valence-corrected chi connectivity index (χ0v) is 32.3. The molecule has 1 aliphatic carbocycles. The van der Waals surface area contributed by atoms with Crippen molar-refractivity contribution in [2.75, 3.05) is 0 Å². The van der Waals surface area contributed by atoms with Crippen LogP contribution in [0.3, 0.4) is 0 Å². The maximum atomic E-state index is 5.22. The van der Waals surface area contributed by atoms with Crippen molar-refractivity contribution >= 4 is 21.8 Å². The Morgan fingerprint density at radius 3 is 1.66 bits per heavy atom. The Morgan fingerprint density at radius 2 is 0.931 bits per heavy atom. The lowest BCUT2D eigenvalue weighted by atomic mass is 9.79. The number of aromatic nitrogens is 4. The summed E-state index contributed by atoms with van der Waals surface area (Å²) in [6, 6.07) is 69.0. The predicted octanol–water partition coefficient (Wildman–Crippen LogP) is 13.6. The summed E-state index contributed by atoms with van der Waals surface area (Å²) in [6.45, 7) is 4.72. The molecule has 0 fully saturated rings. The molecule has 274 valence electrons. The summed E-state index contributed by atoms with van der Waals surface area (Å²) in [4.78, 5) is 15.5. The van der Waals surface area contributed by atoms with Gasteiger partial charge >= 0.3 is 0 Å². The highest BCUT2D eigenvalue weighted by Crippen LogP contribution is 2.52. The van der Waals surface area contributed by atoms with Crippen LogP contribution in [0.5, 0.6) is 0 Å². The van der Waals surface area contributed by atoms with E-state index in [0.717, 1.165) is 44.4 Å². The quantitative estimate of drug-likeness (QED) is 0.170. The van der Waals surface area contributed by atoms with Gasteiger partial charge in [-0.05, 0) is 74.8 Å². The maximum absolute atomic E-state index is 5.22. The molecule has 0 bridgehead atoms. The van der Waals surface area contributed by atoms with E-state index in [2.05, 4.69) is 176 Å².